The zero-order chi connectivity index (χ0) is 16.2. The molecule has 1 unspecified atom stereocenters. The molecular weight excluding hydrogens is 333 g/mol. The van der Waals surface area contributed by atoms with Crippen molar-refractivity contribution in [2.75, 3.05) is 6.23 Å². The Bertz CT molecular complexity index is 298. The van der Waals surface area contributed by atoms with Gasteiger partial charge in [0.05, 0.1) is 6.23 Å². The fourth-order valence-electron chi connectivity index (χ4n) is 2.23. The summed E-state index contributed by atoms with van der Waals surface area (Å²) in [6.45, 7) is 20.3. The first-order valence-corrected chi connectivity index (χ1v) is 21.6. The molecule has 0 fully saturated rings. The van der Waals surface area contributed by atoms with Gasteiger partial charge in [0.25, 0.3) is 0 Å². The zero-order valence-corrected chi connectivity index (χ0v) is 21.3. The van der Waals surface area contributed by atoms with Gasteiger partial charge in [0.2, 0.25) is 0 Å². The van der Waals surface area contributed by atoms with E-state index in [4.69, 9.17) is 12.7 Å². The van der Waals surface area contributed by atoms with Gasteiger partial charge >= 0.3 is 8.56 Å². The molecule has 0 heterocycles. The minimum Gasteiger partial charge on any atom is -0.437 e. The van der Waals surface area contributed by atoms with E-state index in [1.54, 1.807) is 0 Å². The van der Waals surface area contributed by atoms with Crippen LogP contribution < -0.4 is 0 Å². The average Bonchev–Trinajstić information content (AvgIpc) is 2.09. The van der Waals surface area contributed by atoms with Crippen molar-refractivity contribution in [3.63, 3.8) is 0 Å². The van der Waals surface area contributed by atoms with Crippen LogP contribution in [0.4, 0.5) is 0 Å². The minimum atomic E-state index is -2.02. The highest BCUT2D eigenvalue weighted by atomic mass is 28.5. The van der Waals surface area contributed by atoms with E-state index >= 15 is 0 Å². The van der Waals surface area contributed by atoms with Crippen molar-refractivity contribution in [3.8, 4) is 0 Å². The van der Waals surface area contributed by atoms with E-state index < -0.39 is 33.5 Å². The largest absolute Gasteiger partial charge is 0.437 e. The lowest BCUT2D eigenvalue weighted by Crippen LogP contribution is -2.55. The summed E-state index contributed by atoms with van der Waals surface area (Å²) in [6.07, 6.45) is 0.807. The van der Waals surface area contributed by atoms with Crippen LogP contribution >= 0.6 is 0 Å². The molecule has 0 aliphatic heterocycles. The molecule has 0 aromatic rings. The van der Waals surface area contributed by atoms with Gasteiger partial charge in [-0.3, -0.25) is 0 Å². The Morgan fingerprint density at radius 2 is 1.25 bits per heavy atom. The first-order chi connectivity index (χ1) is 8.68. The third kappa shape index (κ3) is 10.7. The Kier molecular flexibility index (Phi) is 7.85. The van der Waals surface area contributed by atoms with Gasteiger partial charge in [0, 0.05) is 10.2 Å². The SMILES string of the molecule is C[Si](C)(C)OC[Si](C)(C)O[Si](C)(CC[SiH3])O[Si](C)(C)C. The molecule has 20 heavy (non-hydrogen) atoms. The van der Waals surface area contributed by atoms with E-state index in [-0.39, 0.29) is 0 Å². The molecule has 0 amide bonds. The van der Waals surface area contributed by atoms with Crippen molar-refractivity contribution in [1.82, 2.24) is 0 Å². The molecule has 0 N–H and O–H groups in total. The second-order valence-electron chi connectivity index (χ2n) is 8.36. The third-order valence-electron chi connectivity index (χ3n) is 2.57. The first kappa shape index (κ1) is 21.0. The van der Waals surface area contributed by atoms with Crippen LogP contribution in [0.5, 0.6) is 0 Å². The smallest absolute Gasteiger partial charge is 0.314 e. The van der Waals surface area contributed by atoms with Gasteiger partial charge in [0.15, 0.2) is 25.0 Å². The quantitative estimate of drug-likeness (QED) is 0.584. The predicted octanol–water partition coefficient (Wildman–Crippen LogP) is 3.31. The van der Waals surface area contributed by atoms with Gasteiger partial charge in [-0.15, -0.1) is 0 Å². The second-order valence-corrected chi connectivity index (χ2v) is 26.3. The Hall–Kier alpha value is 0.964. The molecule has 0 rings (SSSR count). The van der Waals surface area contributed by atoms with Crippen LogP contribution in [0.2, 0.25) is 71.0 Å². The lowest BCUT2D eigenvalue weighted by Gasteiger charge is -2.40. The normalized spacial score (nSPS) is 17.2. The number of hydrogen-bond acceptors (Lipinski definition) is 3. The third-order valence-corrected chi connectivity index (χ3v) is 15.7. The monoisotopic (exact) mass is 368 g/mol. The van der Waals surface area contributed by atoms with Crippen LogP contribution in [-0.4, -0.2) is 50.0 Å². The summed E-state index contributed by atoms with van der Waals surface area (Å²) >= 11 is 0. The summed E-state index contributed by atoms with van der Waals surface area (Å²) < 4.78 is 19.3. The molecule has 0 radical (unpaired) electrons. The molecule has 0 aliphatic carbocycles. The standard InChI is InChI=1S/C12H36O3Si5/c1-17(2,3)13-12-19(7,8)15-20(9,11-10-16)14-18(4,5)6/h10-12H2,1-9,16H3. The van der Waals surface area contributed by atoms with E-state index in [9.17, 15) is 0 Å². The molecule has 8 heteroatoms. The van der Waals surface area contributed by atoms with E-state index in [1.165, 1.54) is 16.3 Å². The Morgan fingerprint density at radius 1 is 0.750 bits per heavy atom. The highest BCUT2D eigenvalue weighted by Crippen LogP contribution is 2.25. The van der Waals surface area contributed by atoms with Gasteiger partial charge in [0.1, 0.15) is 0 Å². The van der Waals surface area contributed by atoms with Gasteiger partial charge in [-0.1, -0.05) is 6.04 Å². The lowest BCUT2D eigenvalue weighted by molar-refractivity contribution is 0.322. The molecule has 0 bridgehead atoms. The maximum absolute atomic E-state index is 6.65. The fourth-order valence-corrected chi connectivity index (χ4v) is 20.4. The summed E-state index contributed by atoms with van der Waals surface area (Å²) in [7, 11) is -5.60. The van der Waals surface area contributed by atoms with Crippen LogP contribution in [0.3, 0.4) is 0 Å². The summed E-state index contributed by atoms with van der Waals surface area (Å²) in [5.41, 5.74) is 0. The summed E-state index contributed by atoms with van der Waals surface area (Å²) in [5, 5.41) is 0. The maximum Gasteiger partial charge on any atom is 0.314 e. The van der Waals surface area contributed by atoms with Crippen molar-refractivity contribution >= 4 is 43.8 Å². The van der Waals surface area contributed by atoms with Crippen molar-refractivity contribution in [2.45, 2.75) is 71.0 Å². The highest BCUT2D eigenvalue weighted by molar-refractivity contribution is 6.88. The van der Waals surface area contributed by atoms with Gasteiger partial charge in [-0.05, 0) is 65.0 Å². The molecule has 0 aromatic carbocycles. The number of hydrogen-bond donors (Lipinski definition) is 0. The van der Waals surface area contributed by atoms with E-state index in [0.717, 1.165) is 12.3 Å². The summed E-state index contributed by atoms with van der Waals surface area (Å²) in [6, 6.07) is 2.42. The molecule has 0 saturated heterocycles. The van der Waals surface area contributed by atoms with Crippen LogP contribution in [-0.2, 0) is 12.7 Å². The molecule has 1 atom stereocenters. The molecule has 3 nitrogen and oxygen atoms in total. The first-order valence-electron chi connectivity index (χ1n) is 7.72. The van der Waals surface area contributed by atoms with E-state index in [1.807, 2.05) is 0 Å². The molecular formula is C12H36O3Si5. The molecule has 0 aromatic heterocycles. The van der Waals surface area contributed by atoms with Gasteiger partial charge < -0.3 is 12.7 Å². The predicted molar refractivity (Wildman–Crippen MR) is 103 cm³/mol. The maximum atomic E-state index is 6.65. The van der Waals surface area contributed by atoms with Crippen LogP contribution in [0.25, 0.3) is 0 Å². The average molecular weight is 369 g/mol. The Balaban J connectivity index is 4.79. The van der Waals surface area contributed by atoms with E-state index in [2.05, 4.69) is 58.9 Å². The fraction of sp³-hybridized carbons (Fsp3) is 1.00. The van der Waals surface area contributed by atoms with E-state index in [0.29, 0.717) is 0 Å². The Morgan fingerprint density at radius 3 is 1.60 bits per heavy atom. The zero-order valence-electron chi connectivity index (χ0n) is 15.3. The van der Waals surface area contributed by atoms with Crippen molar-refractivity contribution < 1.29 is 12.7 Å². The molecule has 0 spiro atoms. The lowest BCUT2D eigenvalue weighted by atomic mass is 11.0. The van der Waals surface area contributed by atoms with Crippen LogP contribution in [0.15, 0.2) is 0 Å². The highest BCUT2D eigenvalue weighted by Gasteiger charge is 2.41. The van der Waals surface area contributed by atoms with Gasteiger partial charge in [-0.2, -0.15) is 0 Å². The molecule has 122 valence electrons. The second kappa shape index (κ2) is 7.49. The molecule has 0 aliphatic rings. The van der Waals surface area contributed by atoms with Crippen molar-refractivity contribution in [1.29, 1.82) is 0 Å². The Labute approximate surface area is 133 Å². The van der Waals surface area contributed by atoms with Crippen molar-refractivity contribution in [2.24, 2.45) is 0 Å². The van der Waals surface area contributed by atoms with Gasteiger partial charge in [-0.25, -0.2) is 0 Å². The summed E-state index contributed by atoms with van der Waals surface area (Å²) in [5.74, 6) is 0. The van der Waals surface area contributed by atoms with Crippen LogP contribution in [0.1, 0.15) is 0 Å². The topological polar surface area (TPSA) is 27.7 Å². The summed E-state index contributed by atoms with van der Waals surface area (Å²) in [4.78, 5) is 0. The number of rotatable bonds is 9. The van der Waals surface area contributed by atoms with Crippen molar-refractivity contribution in [3.05, 3.63) is 0 Å². The van der Waals surface area contributed by atoms with Crippen LogP contribution in [0, 0.1) is 0 Å². The minimum absolute atomic E-state index is 0.807. The molecule has 0 saturated carbocycles.